The Labute approximate surface area is 134 Å². The van der Waals surface area contributed by atoms with Crippen molar-refractivity contribution in [1.29, 1.82) is 0 Å². The Morgan fingerprint density at radius 1 is 1.38 bits per heavy atom. The number of amides is 1. The zero-order chi connectivity index (χ0) is 14.8. The zero-order valence-electron chi connectivity index (χ0n) is 12.2. The third-order valence-electron chi connectivity index (χ3n) is 4.53. The fraction of sp³-hybridized carbons (Fsp3) is 0.562. The van der Waals surface area contributed by atoms with E-state index in [1.165, 1.54) is 0 Å². The van der Waals surface area contributed by atoms with Crippen molar-refractivity contribution in [3.05, 3.63) is 34.3 Å². The van der Waals surface area contributed by atoms with E-state index >= 15 is 0 Å². The zero-order valence-corrected chi connectivity index (χ0v) is 13.8. The van der Waals surface area contributed by atoms with E-state index in [2.05, 4.69) is 40.3 Å². The van der Waals surface area contributed by atoms with Crippen molar-refractivity contribution in [3.8, 4) is 0 Å². The molecule has 2 heterocycles. The quantitative estimate of drug-likeness (QED) is 0.906. The largest absolute Gasteiger partial charge is 0.370 e. The highest BCUT2D eigenvalue weighted by Gasteiger charge is 2.34. The summed E-state index contributed by atoms with van der Waals surface area (Å²) in [5, 5.41) is 3.24. The second-order valence-electron chi connectivity index (χ2n) is 5.90. The minimum Gasteiger partial charge on any atom is -0.370 e. The molecule has 1 aromatic carbocycles. The van der Waals surface area contributed by atoms with Gasteiger partial charge in [0.2, 0.25) is 5.91 Å². The normalized spacial score (nSPS) is 24.5. The molecule has 4 nitrogen and oxygen atoms in total. The molecule has 114 valence electrons. The molecular weight excluding hydrogens is 332 g/mol. The Bertz CT molecular complexity index is 502. The van der Waals surface area contributed by atoms with Crippen molar-refractivity contribution in [2.45, 2.75) is 13.0 Å². The molecule has 3 rings (SSSR count). The standard InChI is InChI=1S/C16H21BrN2O2/c1-11(13-8-18-9-13)16(20)19-6-7-21-15(10-19)12-2-4-14(17)5-3-12/h2-5,11,13,15,18H,6-10H2,1H3. The summed E-state index contributed by atoms with van der Waals surface area (Å²) in [4.78, 5) is 14.6. The first-order valence-electron chi connectivity index (χ1n) is 7.51. The van der Waals surface area contributed by atoms with Crippen molar-refractivity contribution in [2.24, 2.45) is 11.8 Å². The van der Waals surface area contributed by atoms with Crippen LogP contribution in [-0.2, 0) is 9.53 Å². The van der Waals surface area contributed by atoms with Gasteiger partial charge in [0, 0.05) is 16.9 Å². The van der Waals surface area contributed by atoms with Crippen LogP contribution in [0.5, 0.6) is 0 Å². The molecule has 1 N–H and O–H groups in total. The molecule has 2 unspecified atom stereocenters. The Morgan fingerprint density at radius 3 is 2.71 bits per heavy atom. The molecule has 2 saturated heterocycles. The van der Waals surface area contributed by atoms with E-state index in [0.29, 0.717) is 25.6 Å². The van der Waals surface area contributed by atoms with Crippen LogP contribution in [0.4, 0.5) is 0 Å². The fourth-order valence-corrected chi connectivity index (χ4v) is 3.15. The third kappa shape index (κ3) is 3.30. The second kappa shape index (κ2) is 6.46. The lowest BCUT2D eigenvalue weighted by Gasteiger charge is -2.38. The Morgan fingerprint density at radius 2 is 2.10 bits per heavy atom. The lowest BCUT2D eigenvalue weighted by Crippen LogP contribution is -2.52. The summed E-state index contributed by atoms with van der Waals surface area (Å²) < 4.78 is 6.90. The lowest BCUT2D eigenvalue weighted by atomic mass is 9.87. The molecule has 0 spiro atoms. The van der Waals surface area contributed by atoms with Gasteiger partial charge in [-0.3, -0.25) is 4.79 Å². The van der Waals surface area contributed by atoms with Crippen LogP contribution >= 0.6 is 15.9 Å². The monoisotopic (exact) mass is 352 g/mol. The number of benzene rings is 1. The maximum Gasteiger partial charge on any atom is 0.225 e. The number of hydrogen-bond donors (Lipinski definition) is 1. The van der Waals surface area contributed by atoms with Gasteiger partial charge in [0.1, 0.15) is 6.10 Å². The maximum atomic E-state index is 12.6. The van der Waals surface area contributed by atoms with E-state index in [-0.39, 0.29) is 17.9 Å². The van der Waals surface area contributed by atoms with Crippen LogP contribution in [0, 0.1) is 11.8 Å². The first-order valence-corrected chi connectivity index (χ1v) is 8.31. The van der Waals surface area contributed by atoms with Gasteiger partial charge in [-0.2, -0.15) is 0 Å². The van der Waals surface area contributed by atoms with Gasteiger partial charge in [0.15, 0.2) is 0 Å². The number of nitrogens with one attached hydrogen (secondary N) is 1. The predicted molar refractivity (Wildman–Crippen MR) is 84.9 cm³/mol. The minimum atomic E-state index is -0.0116. The average Bonchev–Trinajstić information content (AvgIpc) is 2.45. The number of morpholine rings is 1. The predicted octanol–water partition coefficient (Wildman–Crippen LogP) is 2.20. The lowest BCUT2D eigenvalue weighted by molar-refractivity contribution is -0.145. The molecule has 0 bridgehead atoms. The van der Waals surface area contributed by atoms with Crippen molar-refractivity contribution in [1.82, 2.24) is 10.2 Å². The van der Waals surface area contributed by atoms with Crippen LogP contribution in [0.2, 0.25) is 0 Å². The first kappa shape index (κ1) is 15.0. The third-order valence-corrected chi connectivity index (χ3v) is 5.06. The molecule has 0 aliphatic carbocycles. The van der Waals surface area contributed by atoms with Gasteiger partial charge in [0.25, 0.3) is 0 Å². The van der Waals surface area contributed by atoms with E-state index < -0.39 is 0 Å². The number of halogens is 1. The van der Waals surface area contributed by atoms with E-state index in [0.717, 1.165) is 23.1 Å². The van der Waals surface area contributed by atoms with Crippen LogP contribution in [0.15, 0.2) is 28.7 Å². The number of ether oxygens (including phenoxy) is 1. The summed E-state index contributed by atoms with van der Waals surface area (Å²) in [7, 11) is 0. The molecular formula is C16H21BrN2O2. The molecule has 2 aliphatic heterocycles. The molecule has 5 heteroatoms. The molecule has 21 heavy (non-hydrogen) atoms. The number of nitrogens with zero attached hydrogens (tertiary/aromatic N) is 1. The van der Waals surface area contributed by atoms with Crippen LogP contribution < -0.4 is 5.32 Å². The summed E-state index contributed by atoms with van der Waals surface area (Å²) in [5.41, 5.74) is 1.13. The van der Waals surface area contributed by atoms with Gasteiger partial charge >= 0.3 is 0 Å². The van der Waals surface area contributed by atoms with Crippen molar-refractivity contribution in [2.75, 3.05) is 32.8 Å². The molecule has 0 aromatic heterocycles. The highest BCUT2D eigenvalue weighted by molar-refractivity contribution is 9.10. The summed E-state index contributed by atoms with van der Waals surface area (Å²) in [6.45, 7) is 5.96. The van der Waals surface area contributed by atoms with Crippen LogP contribution in [0.3, 0.4) is 0 Å². The van der Waals surface area contributed by atoms with Crippen LogP contribution in [-0.4, -0.2) is 43.6 Å². The molecule has 0 radical (unpaired) electrons. The second-order valence-corrected chi connectivity index (χ2v) is 6.82. The van der Waals surface area contributed by atoms with Crippen molar-refractivity contribution in [3.63, 3.8) is 0 Å². The molecule has 2 fully saturated rings. The summed E-state index contributed by atoms with van der Waals surface area (Å²) in [6, 6.07) is 8.15. The van der Waals surface area contributed by atoms with E-state index in [9.17, 15) is 4.79 Å². The van der Waals surface area contributed by atoms with Crippen molar-refractivity contribution >= 4 is 21.8 Å². The Hall–Kier alpha value is -0.910. The summed E-state index contributed by atoms with van der Waals surface area (Å²) >= 11 is 3.44. The SMILES string of the molecule is CC(C(=O)N1CCOC(c2ccc(Br)cc2)C1)C1CNC1. The van der Waals surface area contributed by atoms with Gasteiger partial charge in [-0.25, -0.2) is 0 Å². The molecule has 1 amide bonds. The highest BCUT2D eigenvalue weighted by atomic mass is 79.9. The van der Waals surface area contributed by atoms with Gasteiger partial charge in [-0.05, 0) is 36.7 Å². The molecule has 0 saturated carbocycles. The number of hydrogen-bond acceptors (Lipinski definition) is 3. The summed E-state index contributed by atoms with van der Waals surface area (Å²) in [6.07, 6.45) is -0.0116. The van der Waals surface area contributed by atoms with Gasteiger partial charge in [-0.15, -0.1) is 0 Å². The van der Waals surface area contributed by atoms with Crippen LogP contribution in [0.25, 0.3) is 0 Å². The molecule has 1 aromatic rings. The van der Waals surface area contributed by atoms with Gasteiger partial charge < -0.3 is 15.0 Å². The van der Waals surface area contributed by atoms with Crippen LogP contribution in [0.1, 0.15) is 18.6 Å². The molecule has 2 atom stereocenters. The summed E-state index contributed by atoms with van der Waals surface area (Å²) in [5.74, 6) is 0.869. The van der Waals surface area contributed by atoms with Gasteiger partial charge in [-0.1, -0.05) is 35.0 Å². The topological polar surface area (TPSA) is 41.6 Å². The first-order chi connectivity index (χ1) is 10.1. The average molecular weight is 353 g/mol. The number of carbonyl (C=O) groups excluding carboxylic acids is 1. The van der Waals surface area contributed by atoms with Crippen molar-refractivity contribution < 1.29 is 9.53 Å². The Kier molecular flexibility index (Phi) is 4.62. The molecule has 2 aliphatic rings. The number of carbonyl (C=O) groups is 1. The smallest absolute Gasteiger partial charge is 0.225 e. The van der Waals surface area contributed by atoms with E-state index in [1.807, 2.05) is 17.0 Å². The number of rotatable bonds is 3. The Balaban J connectivity index is 1.64. The minimum absolute atomic E-state index is 0.0116. The maximum absolute atomic E-state index is 12.6. The van der Waals surface area contributed by atoms with E-state index in [1.54, 1.807) is 0 Å². The van der Waals surface area contributed by atoms with E-state index in [4.69, 9.17) is 4.74 Å². The fourth-order valence-electron chi connectivity index (χ4n) is 2.88. The van der Waals surface area contributed by atoms with Gasteiger partial charge in [0.05, 0.1) is 13.2 Å². The highest BCUT2D eigenvalue weighted by Crippen LogP contribution is 2.26.